The van der Waals surface area contributed by atoms with Gasteiger partial charge in [0.1, 0.15) is 10.8 Å². The third kappa shape index (κ3) is 2.18. The molecule has 0 atom stereocenters. The van der Waals surface area contributed by atoms with Crippen molar-refractivity contribution in [1.82, 2.24) is 0 Å². The van der Waals surface area contributed by atoms with E-state index < -0.39 is 0 Å². The van der Waals surface area contributed by atoms with E-state index in [4.69, 9.17) is 0 Å². The second-order valence-corrected chi connectivity index (χ2v) is 3.12. The van der Waals surface area contributed by atoms with Gasteiger partial charge in [0.2, 0.25) is 0 Å². The van der Waals surface area contributed by atoms with Crippen LogP contribution in [-0.4, -0.2) is 11.8 Å². The van der Waals surface area contributed by atoms with Gasteiger partial charge in [-0.1, -0.05) is 0 Å². The van der Waals surface area contributed by atoms with Crippen molar-refractivity contribution in [3.05, 3.63) is 0 Å². The minimum absolute atomic E-state index is 1.36. The van der Waals surface area contributed by atoms with Crippen molar-refractivity contribution < 1.29 is 10.8 Å². The summed E-state index contributed by atoms with van der Waals surface area (Å²) in [5.74, 6) is 2.72. The summed E-state index contributed by atoms with van der Waals surface area (Å²) < 4.78 is 0. The second-order valence-electron chi connectivity index (χ2n) is 1.98. The van der Waals surface area contributed by atoms with E-state index in [1.165, 1.54) is 37.4 Å². The van der Waals surface area contributed by atoms with Gasteiger partial charge in [-0.15, -0.1) is 0 Å². The Balaban J connectivity index is 2.04. The Labute approximate surface area is 49.0 Å². The molecule has 0 bridgehead atoms. The van der Waals surface area contributed by atoms with E-state index in [-0.39, 0.29) is 0 Å². The highest BCUT2D eigenvalue weighted by atomic mass is 35.5. The highest BCUT2D eigenvalue weighted by Crippen LogP contribution is 2.05. The lowest BCUT2D eigenvalue weighted by atomic mass is 10.2. The van der Waals surface area contributed by atoms with Gasteiger partial charge in [0.25, 0.3) is 0 Å². The Hall–Kier alpha value is 0.290. The maximum absolute atomic E-state index is 2.53. The van der Waals surface area contributed by atoms with Gasteiger partial charge in [0.15, 0.2) is 11.8 Å². The number of hydrogen-bond acceptors (Lipinski definition) is 0. The molecular formula is C6H12Cl+. The molecule has 0 radical (unpaired) electrons. The summed E-state index contributed by atoms with van der Waals surface area (Å²) in [5, 5.41) is 0. The molecule has 1 saturated heterocycles. The number of rotatable bonds is 0. The van der Waals surface area contributed by atoms with Crippen molar-refractivity contribution in [2.45, 2.75) is 25.7 Å². The van der Waals surface area contributed by atoms with Crippen molar-refractivity contribution in [3.63, 3.8) is 0 Å². The number of hydrogen-bond donors (Lipinski definition) is 0. The van der Waals surface area contributed by atoms with E-state index in [0.717, 1.165) is 0 Å². The quantitative estimate of drug-likeness (QED) is 0.426. The Morgan fingerprint density at radius 1 is 0.714 bits per heavy atom. The molecule has 0 saturated carbocycles. The molecular weight excluding hydrogens is 108 g/mol. The lowest BCUT2D eigenvalue weighted by Gasteiger charge is -1.81. The zero-order valence-corrected chi connectivity index (χ0v) is 5.38. The zero-order chi connectivity index (χ0) is 4.95. The maximum atomic E-state index is 2.53. The van der Waals surface area contributed by atoms with Gasteiger partial charge in [-0.2, -0.15) is 0 Å². The van der Waals surface area contributed by atoms with E-state index in [9.17, 15) is 0 Å². The van der Waals surface area contributed by atoms with Crippen LogP contribution in [0.25, 0.3) is 0 Å². The van der Waals surface area contributed by atoms with E-state index in [1.807, 2.05) is 0 Å². The summed E-state index contributed by atoms with van der Waals surface area (Å²) in [4.78, 5) is 0. The minimum atomic E-state index is 1.36. The van der Waals surface area contributed by atoms with Crippen molar-refractivity contribution in [2.75, 3.05) is 11.8 Å². The van der Waals surface area contributed by atoms with Gasteiger partial charge in [0, 0.05) is 12.8 Å². The third-order valence-electron chi connectivity index (χ3n) is 1.28. The maximum Gasteiger partial charge on any atom is 0.172 e. The fraction of sp³-hybridized carbons (Fsp3) is 1.00. The van der Waals surface area contributed by atoms with Crippen molar-refractivity contribution in [1.29, 1.82) is 0 Å². The van der Waals surface area contributed by atoms with E-state index in [1.54, 1.807) is 0 Å². The molecule has 0 aromatic rings. The van der Waals surface area contributed by atoms with E-state index in [0.29, 0.717) is 0 Å². The van der Waals surface area contributed by atoms with Gasteiger partial charge in [-0.3, -0.25) is 0 Å². The SMILES string of the molecule is C1CCC[Cl+]CC1. The van der Waals surface area contributed by atoms with Crippen molar-refractivity contribution >= 4 is 0 Å². The fourth-order valence-corrected chi connectivity index (χ4v) is 1.77. The van der Waals surface area contributed by atoms with Crippen molar-refractivity contribution in [2.24, 2.45) is 0 Å². The molecule has 0 nitrogen and oxygen atoms in total. The Kier molecular flexibility index (Phi) is 2.57. The van der Waals surface area contributed by atoms with Crippen molar-refractivity contribution in [3.8, 4) is 0 Å². The summed E-state index contributed by atoms with van der Waals surface area (Å²) in [7, 11) is 2.53. The third-order valence-corrected chi connectivity index (χ3v) is 2.35. The average Bonchev–Trinajstić information content (AvgIpc) is 1.90. The lowest BCUT2D eigenvalue weighted by Crippen LogP contribution is -1.87. The summed E-state index contributed by atoms with van der Waals surface area (Å²) in [6.45, 7) is 0. The smallest absolute Gasteiger partial charge is 0.0479 e. The molecule has 1 heterocycles. The zero-order valence-electron chi connectivity index (χ0n) is 4.62. The molecule has 1 aliphatic rings. The van der Waals surface area contributed by atoms with Gasteiger partial charge >= 0.3 is 0 Å². The van der Waals surface area contributed by atoms with Gasteiger partial charge < -0.3 is 0 Å². The van der Waals surface area contributed by atoms with Crippen LogP contribution in [0.5, 0.6) is 0 Å². The van der Waals surface area contributed by atoms with Crippen LogP contribution in [0.2, 0.25) is 0 Å². The first-order valence-corrected chi connectivity index (χ1v) is 4.10. The summed E-state index contributed by atoms with van der Waals surface area (Å²) in [5.41, 5.74) is 0. The predicted molar refractivity (Wildman–Crippen MR) is 28.2 cm³/mol. The molecule has 0 unspecified atom stereocenters. The molecule has 0 N–H and O–H groups in total. The van der Waals surface area contributed by atoms with Gasteiger partial charge in [-0.25, -0.2) is 0 Å². The Morgan fingerprint density at radius 3 is 1.86 bits per heavy atom. The molecule has 1 aliphatic heterocycles. The van der Waals surface area contributed by atoms with Crippen LogP contribution in [0.3, 0.4) is 0 Å². The summed E-state index contributed by atoms with van der Waals surface area (Å²) in [6, 6.07) is 0. The van der Waals surface area contributed by atoms with Crippen LogP contribution in [0, 0.1) is 10.8 Å². The minimum Gasteiger partial charge on any atom is -0.0479 e. The highest BCUT2D eigenvalue weighted by Gasteiger charge is 2.07. The molecule has 42 valence electrons. The van der Waals surface area contributed by atoms with Gasteiger partial charge in [0.05, 0.1) is 0 Å². The molecule has 7 heavy (non-hydrogen) atoms. The van der Waals surface area contributed by atoms with Crippen LogP contribution in [-0.2, 0) is 0 Å². The second kappa shape index (κ2) is 3.31. The lowest BCUT2D eigenvalue weighted by molar-refractivity contribution is -0.653. The Morgan fingerprint density at radius 2 is 1.29 bits per heavy atom. The molecule has 0 amide bonds. The topological polar surface area (TPSA) is 0 Å². The van der Waals surface area contributed by atoms with Crippen LogP contribution >= 0.6 is 0 Å². The largest absolute Gasteiger partial charge is 0.172 e. The van der Waals surface area contributed by atoms with Gasteiger partial charge in [-0.05, 0) is 12.8 Å². The van der Waals surface area contributed by atoms with E-state index >= 15 is 0 Å². The standard InChI is InChI=1S/C6H12Cl/c1-2-4-6-7-5-3-1/h1-6H2/q+1. The molecule has 1 rings (SSSR count). The summed E-state index contributed by atoms with van der Waals surface area (Å²) in [6.07, 6.45) is 5.81. The first-order valence-electron chi connectivity index (χ1n) is 3.03. The first kappa shape index (κ1) is 5.43. The Bertz CT molecular complexity index is 23.8. The number of alkyl halides is 2. The molecule has 1 fully saturated rings. The normalized spacial score (nSPS) is 24.0. The predicted octanol–water partition coefficient (Wildman–Crippen LogP) is 1.65. The van der Waals surface area contributed by atoms with Crippen LogP contribution in [0.15, 0.2) is 0 Å². The van der Waals surface area contributed by atoms with Crippen LogP contribution in [0.1, 0.15) is 25.7 Å². The molecule has 0 aromatic carbocycles. The van der Waals surface area contributed by atoms with Crippen LogP contribution < -0.4 is 0 Å². The van der Waals surface area contributed by atoms with Crippen LogP contribution in [0.4, 0.5) is 0 Å². The molecule has 1 heteroatoms. The molecule has 0 aliphatic carbocycles. The monoisotopic (exact) mass is 119 g/mol. The molecule has 0 aromatic heterocycles. The fourth-order valence-electron chi connectivity index (χ4n) is 0.826. The molecule has 0 spiro atoms. The first-order chi connectivity index (χ1) is 3.50. The summed E-state index contributed by atoms with van der Waals surface area (Å²) >= 11 is 0. The average molecular weight is 120 g/mol. The highest BCUT2D eigenvalue weighted by molar-refractivity contribution is 4.42. The van der Waals surface area contributed by atoms with E-state index in [2.05, 4.69) is 10.8 Å². The number of halogens is 1.